The number of nitrogens with zero attached hydrogens (tertiary/aromatic N) is 2. The Balaban J connectivity index is 1.02. The molecule has 11 aromatic rings. The van der Waals surface area contributed by atoms with Gasteiger partial charge < -0.3 is 13.9 Å². The summed E-state index contributed by atoms with van der Waals surface area (Å²) in [5, 5.41) is 4.79. The van der Waals surface area contributed by atoms with Crippen LogP contribution in [0.3, 0.4) is 0 Å². The monoisotopic (exact) mass is 728 g/mol. The van der Waals surface area contributed by atoms with Gasteiger partial charge in [0.05, 0.1) is 11.0 Å². The van der Waals surface area contributed by atoms with Crippen LogP contribution in [0.4, 0.5) is 17.1 Å². The molecule has 0 spiro atoms. The summed E-state index contributed by atoms with van der Waals surface area (Å²) in [7, 11) is 0. The fourth-order valence-corrected chi connectivity index (χ4v) is 8.60. The number of furan rings is 1. The molecule has 0 bridgehead atoms. The molecule has 0 atom stereocenters. The maximum absolute atomic E-state index is 6.24. The highest BCUT2D eigenvalue weighted by molar-refractivity contribution is 6.12. The first-order valence-corrected chi connectivity index (χ1v) is 19.4. The number of anilines is 3. The van der Waals surface area contributed by atoms with Gasteiger partial charge >= 0.3 is 0 Å². The molecule has 0 N–H and O–H groups in total. The van der Waals surface area contributed by atoms with Gasteiger partial charge in [0.2, 0.25) is 0 Å². The van der Waals surface area contributed by atoms with E-state index in [1.165, 1.54) is 44.1 Å². The predicted molar refractivity (Wildman–Crippen MR) is 239 cm³/mol. The molecule has 0 aliphatic carbocycles. The van der Waals surface area contributed by atoms with Crippen LogP contribution in [0.25, 0.3) is 82.8 Å². The van der Waals surface area contributed by atoms with Crippen LogP contribution in [0.2, 0.25) is 0 Å². The summed E-state index contributed by atoms with van der Waals surface area (Å²) in [6.07, 6.45) is 0. The van der Waals surface area contributed by atoms with Crippen LogP contribution < -0.4 is 4.90 Å². The average molecular weight is 729 g/mol. The Labute approximate surface area is 330 Å². The zero-order chi connectivity index (χ0) is 37.7. The van der Waals surface area contributed by atoms with Crippen LogP contribution in [0.5, 0.6) is 0 Å². The van der Waals surface area contributed by atoms with Crippen molar-refractivity contribution >= 4 is 60.8 Å². The molecule has 2 heterocycles. The highest BCUT2D eigenvalue weighted by Gasteiger charge is 2.18. The van der Waals surface area contributed by atoms with E-state index < -0.39 is 0 Å². The van der Waals surface area contributed by atoms with Crippen LogP contribution in [-0.4, -0.2) is 4.57 Å². The number of benzene rings is 9. The van der Waals surface area contributed by atoms with Crippen LogP contribution >= 0.6 is 0 Å². The Morgan fingerprint density at radius 2 is 0.754 bits per heavy atom. The SMILES string of the molecule is c1ccc(-c2ccccc2-c2ccc(N(c3ccc(-c4cccc5oc6ccccc6c45)cc3)c3ccc(-n4c5ccccc5c5ccccc54)cc3)cc2)cc1. The number of para-hydroxylation sites is 3. The van der Waals surface area contributed by atoms with Gasteiger partial charge in [0, 0.05) is 44.3 Å². The van der Waals surface area contributed by atoms with E-state index >= 15 is 0 Å². The Kier molecular flexibility index (Phi) is 7.82. The van der Waals surface area contributed by atoms with Crippen molar-refractivity contribution in [3.8, 4) is 39.1 Å². The van der Waals surface area contributed by atoms with Crippen LogP contribution in [-0.2, 0) is 0 Å². The van der Waals surface area contributed by atoms with Crippen molar-refractivity contribution in [1.82, 2.24) is 4.57 Å². The maximum Gasteiger partial charge on any atom is 0.136 e. The molecule has 9 aromatic carbocycles. The van der Waals surface area contributed by atoms with Crippen molar-refractivity contribution in [2.24, 2.45) is 0 Å². The topological polar surface area (TPSA) is 21.3 Å². The molecule has 3 nitrogen and oxygen atoms in total. The highest BCUT2D eigenvalue weighted by atomic mass is 16.3. The number of aromatic nitrogens is 1. The molecular formula is C54H36N2O. The summed E-state index contributed by atoms with van der Waals surface area (Å²) >= 11 is 0. The van der Waals surface area contributed by atoms with Crippen LogP contribution in [0.1, 0.15) is 0 Å². The zero-order valence-electron chi connectivity index (χ0n) is 31.1. The summed E-state index contributed by atoms with van der Waals surface area (Å²) in [4.78, 5) is 2.35. The van der Waals surface area contributed by atoms with Gasteiger partial charge in [-0.15, -0.1) is 0 Å². The first-order chi connectivity index (χ1) is 28.3. The molecule has 0 aliphatic heterocycles. The van der Waals surface area contributed by atoms with Gasteiger partial charge in [0.25, 0.3) is 0 Å². The number of rotatable bonds is 7. The van der Waals surface area contributed by atoms with E-state index in [2.05, 4.69) is 216 Å². The molecule has 11 rings (SSSR count). The van der Waals surface area contributed by atoms with E-state index in [1.807, 2.05) is 12.1 Å². The first kappa shape index (κ1) is 32.8. The van der Waals surface area contributed by atoms with Gasteiger partial charge in [-0.3, -0.25) is 0 Å². The quantitative estimate of drug-likeness (QED) is 0.163. The standard InChI is InChI=1S/C54H36N2O/c1-2-13-37(14-3-1)44-15-4-5-16-45(44)38-25-29-40(30-26-38)55(41-31-27-39(28-32-41)46-20-12-24-53-54(46)49-19-8-11-23-52(49)57-53)42-33-35-43(36-34-42)56-50-21-9-6-17-47(50)48-18-7-10-22-51(48)56/h1-36H. The van der Waals surface area contributed by atoms with E-state index in [1.54, 1.807) is 0 Å². The molecule has 0 amide bonds. The van der Waals surface area contributed by atoms with Crippen LogP contribution in [0.15, 0.2) is 223 Å². The average Bonchev–Trinajstić information content (AvgIpc) is 3.84. The van der Waals surface area contributed by atoms with Crippen molar-refractivity contribution in [1.29, 1.82) is 0 Å². The van der Waals surface area contributed by atoms with Crippen LogP contribution in [0, 0.1) is 0 Å². The lowest BCUT2D eigenvalue weighted by atomic mass is 9.94. The Bertz CT molecular complexity index is 3160. The molecule has 3 heteroatoms. The molecular weight excluding hydrogens is 693 g/mol. The third-order valence-corrected chi connectivity index (χ3v) is 11.2. The lowest BCUT2D eigenvalue weighted by Crippen LogP contribution is -2.10. The van der Waals surface area contributed by atoms with Gasteiger partial charge in [-0.1, -0.05) is 146 Å². The lowest BCUT2D eigenvalue weighted by Gasteiger charge is -2.26. The fourth-order valence-electron chi connectivity index (χ4n) is 8.60. The van der Waals surface area contributed by atoms with E-state index in [9.17, 15) is 0 Å². The predicted octanol–water partition coefficient (Wildman–Crippen LogP) is 15.2. The van der Waals surface area contributed by atoms with Crippen molar-refractivity contribution in [3.63, 3.8) is 0 Å². The molecule has 0 fully saturated rings. The van der Waals surface area contributed by atoms with Gasteiger partial charge in [-0.25, -0.2) is 0 Å². The Morgan fingerprint density at radius 1 is 0.316 bits per heavy atom. The zero-order valence-corrected chi connectivity index (χ0v) is 31.1. The summed E-state index contributed by atoms with van der Waals surface area (Å²) in [5.74, 6) is 0. The fraction of sp³-hybridized carbons (Fsp3) is 0. The Morgan fingerprint density at radius 3 is 1.37 bits per heavy atom. The second-order valence-electron chi connectivity index (χ2n) is 14.5. The van der Waals surface area contributed by atoms with Crippen molar-refractivity contribution in [2.75, 3.05) is 4.90 Å². The van der Waals surface area contributed by atoms with Crippen molar-refractivity contribution < 1.29 is 4.42 Å². The molecule has 0 unspecified atom stereocenters. The summed E-state index contributed by atoms with van der Waals surface area (Å²) in [6, 6.07) is 78.1. The Hall–Kier alpha value is -7.62. The molecule has 0 saturated carbocycles. The van der Waals surface area contributed by atoms with E-state index in [4.69, 9.17) is 4.42 Å². The van der Waals surface area contributed by atoms with Crippen molar-refractivity contribution in [2.45, 2.75) is 0 Å². The van der Waals surface area contributed by atoms with E-state index in [0.717, 1.165) is 55.8 Å². The molecule has 0 saturated heterocycles. The summed E-state index contributed by atoms with van der Waals surface area (Å²) < 4.78 is 8.61. The lowest BCUT2D eigenvalue weighted by molar-refractivity contribution is 0.669. The maximum atomic E-state index is 6.24. The minimum atomic E-state index is 0.900. The molecule has 0 radical (unpaired) electrons. The number of fused-ring (bicyclic) bond motifs is 6. The third-order valence-electron chi connectivity index (χ3n) is 11.2. The molecule has 0 aliphatic rings. The van der Waals surface area contributed by atoms with E-state index in [-0.39, 0.29) is 0 Å². The van der Waals surface area contributed by atoms with Gasteiger partial charge in [-0.05, 0) is 106 Å². The summed E-state index contributed by atoms with van der Waals surface area (Å²) in [5.41, 5.74) is 15.7. The van der Waals surface area contributed by atoms with E-state index in [0.29, 0.717) is 0 Å². The second kappa shape index (κ2) is 13.6. The summed E-state index contributed by atoms with van der Waals surface area (Å²) in [6.45, 7) is 0. The first-order valence-electron chi connectivity index (χ1n) is 19.4. The van der Waals surface area contributed by atoms with Crippen molar-refractivity contribution in [3.05, 3.63) is 218 Å². The largest absolute Gasteiger partial charge is 0.456 e. The minimum Gasteiger partial charge on any atom is -0.456 e. The number of hydrogen-bond donors (Lipinski definition) is 0. The number of hydrogen-bond acceptors (Lipinski definition) is 2. The smallest absolute Gasteiger partial charge is 0.136 e. The highest BCUT2D eigenvalue weighted by Crippen LogP contribution is 2.41. The van der Waals surface area contributed by atoms with Gasteiger partial charge in [0.1, 0.15) is 11.2 Å². The molecule has 2 aromatic heterocycles. The minimum absolute atomic E-state index is 0.900. The third kappa shape index (κ3) is 5.60. The van der Waals surface area contributed by atoms with Gasteiger partial charge in [0.15, 0.2) is 0 Å². The molecule has 268 valence electrons. The van der Waals surface area contributed by atoms with Gasteiger partial charge in [-0.2, -0.15) is 0 Å². The normalized spacial score (nSPS) is 11.5. The second-order valence-corrected chi connectivity index (χ2v) is 14.5. The molecule has 57 heavy (non-hydrogen) atoms.